The zero-order chi connectivity index (χ0) is 19.5. The lowest BCUT2D eigenvalue weighted by Gasteiger charge is -2.15. The fourth-order valence-electron chi connectivity index (χ4n) is 3.09. The number of para-hydroxylation sites is 1. The summed E-state index contributed by atoms with van der Waals surface area (Å²) < 4.78 is 5.60. The quantitative estimate of drug-likeness (QED) is 0.666. The Labute approximate surface area is 166 Å². The molecular weight excluding hydrogens is 376 g/mol. The van der Waals surface area contributed by atoms with Crippen molar-refractivity contribution in [1.29, 1.82) is 0 Å². The van der Waals surface area contributed by atoms with Gasteiger partial charge in [0, 0.05) is 29.1 Å². The SMILES string of the molecule is CSc1ccc(C(=O)Nc2nnc(C3CC(=O)N(c4ccccc4)C3)o2)cc1. The summed E-state index contributed by atoms with van der Waals surface area (Å²) in [5.74, 6) is -0.170. The summed E-state index contributed by atoms with van der Waals surface area (Å²) in [5, 5.41) is 10.5. The fraction of sp³-hybridized carbons (Fsp3) is 0.200. The van der Waals surface area contributed by atoms with E-state index in [-0.39, 0.29) is 23.7 Å². The molecular formula is C20H18N4O3S. The molecule has 1 fully saturated rings. The lowest BCUT2D eigenvalue weighted by atomic mass is 10.1. The van der Waals surface area contributed by atoms with E-state index in [1.807, 2.05) is 48.7 Å². The van der Waals surface area contributed by atoms with Crippen LogP contribution in [0.2, 0.25) is 0 Å². The lowest BCUT2D eigenvalue weighted by Crippen LogP contribution is -2.24. The number of amides is 2. The predicted molar refractivity (Wildman–Crippen MR) is 107 cm³/mol. The van der Waals surface area contributed by atoms with Gasteiger partial charge < -0.3 is 9.32 Å². The zero-order valence-corrected chi connectivity index (χ0v) is 16.0. The van der Waals surface area contributed by atoms with Gasteiger partial charge in [-0.2, -0.15) is 0 Å². The second kappa shape index (κ2) is 7.85. The number of aromatic nitrogens is 2. The summed E-state index contributed by atoms with van der Waals surface area (Å²) in [6.07, 6.45) is 2.27. The van der Waals surface area contributed by atoms with Gasteiger partial charge in [0.25, 0.3) is 5.91 Å². The number of nitrogens with one attached hydrogen (secondary N) is 1. The summed E-state index contributed by atoms with van der Waals surface area (Å²) in [4.78, 5) is 27.5. The Balaban J connectivity index is 1.43. The molecule has 1 aliphatic rings. The second-order valence-corrected chi connectivity index (χ2v) is 7.25. The van der Waals surface area contributed by atoms with Crippen LogP contribution < -0.4 is 10.2 Å². The standard InChI is InChI=1S/C20H18N4O3S/c1-28-16-9-7-13(8-10-16)18(26)21-20-23-22-19(27-20)14-11-17(25)24(12-14)15-5-3-2-4-6-15/h2-10,14H,11-12H2,1H3,(H,21,23,26). The monoisotopic (exact) mass is 394 g/mol. The molecule has 7 nitrogen and oxygen atoms in total. The summed E-state index contributed by atoms with van der Waals surface area (Å²) >= 11 is 1.61. The van der Waals surface area contributed by atoms with Gasteiger partial charge >= 0.3 is 6.01 Å². The Hall–Kier alpha value is -3.13. The third-order valence-electron chi connectivity index (χ3n) is 4.56. The molecule has 0 saturated carbocycles. The molecule has 0 aliphatic carbocycles. The van der Waals surface area contributed by atoms with E-state index in [0.717, 1.165) is 10.6 Å². The summed E-state index contributed by atoms with van der Waals surface area (Å²) in [6.45, 7) is 0.467. The lowest BCUT2D eigenvalue weighted by molar-refractivity contribution is -0.117. The van der Waals surface area contributed by atoms with Crippen LogP contribution in [0.3, 0.4) is 0 Å². The number of benzene rings is 2. The van der Waals surface area contributed by atoms with E-state index in [0.29, 0.717) is 24.4 Å². The molecule has 1 saturated heterocycles. The summed E-state index contributed by atoms with van der Waals surface area (Å²) in [6, 6.07) is 16.7. The fourth-order valence-corrected chi connectivity index (χ4v) is 3.50. The van der Waals surface area contributed by atoms with Crippen LogP contribution >= 0.6 is 11.8 Å². The molecule has 0 spiro atoms. The van der Waals surface area contributed by atoms with Crippen molar-refractivity contribution in [2.45, 2.75) is 17.2 Å². The van der Waals surface area contributed by atoms with E-state index in [1.165, 1.54) is 0 Å². The number of rotatable bonds is 5. The van der Waals surface area contributed by atoms with Crippen molar-refractivity contribution >= 4 is 35.3 Å². The van der Waals surface area contributed by atoms with Gasteiger partial charge in [0.1, 0.15) is 0 Å². The minimum absolute atomic E-state index is 0.00821. The van der Waals surface area contributed by atoms with E-state index in [4.69, 9.17) is 4.42 Å². The van der Waals surface area contributed by atoms with Gasteiger partial charge in [-0.25, -0.2) is 0 Å². The van der Waals surface area contributed by atoms with E-state index in [9.17, 15) is 9.59 Å². The van der Waals surface area contributed by atoms with Crippen LogP contribution in [0.5, 0.6) is 0 Å². The third kappa shape index (κ3) is 3.77. The third-order valence-corrected chi connectivity index (χ3v) is 5.30. The minimum atomic E-state index is -0.323. The van der Waals surface area contributed by atoms with Crippen LogP contribution in [0.4, 0.5) is 11.7 Å². The topological polar surface area (TPSA) is 88.3 Å². The minimum Gasteiger partial charge on any atom is -0.407 e. The highest BCUT2D eigenvalue weighted by atomic mass is 32.2. The molecule has 3 aromatic rings. The predicted octanol–water partition coefficient (Wildman–Crippen LogP) is 3.56. The molecule has 1 atom stereocenters. The van der Waals surface area contributed by atoms with Crippen molar-refractivity contribution in [2.75, 3.05) is 23.0 Å². The Bertz CT molecular complexity index is 988. The molecule has 2 heterocycles. The second-order valence-electron chi connectivity index (χ2n) is 6.37. The van der Waals surface area contributed by atoms with Crippen molar-refractivity contribution < 1.29 is 14.0 Å². The van der Waals surface area contributed by atoms with E-state index >= 15 is 0 Å². The van der Waals surface area contributed by atoms with Gasteiger partial charge in [-0.15, -0.1) is 16.9 Å². The number of hydrogen-bond donors (Lipinski definition) is 1. The van der Waals surface area contributed by atoms with Gasteiger partial charge in [-0.3, -0.25) is 14.9 Å². The number of anilines is 2. The van der Waals surface area contributed by atoms with Crippen molar-refractivity contribution in [3.63, 3.8) is 0 Å². The Kier molecular flexibility index (Phi) is 5.12. The molecule has 4 rings (SSSR count). The first kappa shape index (κ1) is 18.2. The Morgan fingerprint density at radius 3 is 2.61 bits per heavy atom. The maximum atomic E-state index is 12.3. The summed E-state index contributed by atoms with van der Waals surface area (Å²) in [5.41, 5.74) is 1.35. The molecule has 1 aromatic heterocycles. The van der Waals surface area contributed by atoms with Crippen LogP contribution in [0, 0.1) is 0 Å². The first-order valence-electron chi connectivity index (χ1n) is 8.78. The van der Waals surface area contributed by atoms with Crippen molar-refractivity contribution in [2.24, 2.45) is 0 Å². The van der Waals surface area contributed by atoms with E-state index in [2.05, 4.69) is 15.5 Å². The first-order chi connectivity index (χ1) is 13.6. The molecule has 1 N–H and O–H groups in total. The van der Waals surface area contributed by atoms with Gasteiger partial charge in [0.15, 0.2) is 0 Å². The number of thioether (sulfide) groups is 1. The molecule has 28 heavy (non-hydrogen) atoms. The molecule has 0 bridgehead atoms. The van der Waals surface area contributed by atoms with Crippen LogP contribution in [0.1, 0.15) is 28.6 Å². The molecule has 8 heteroatoms. The average Bonchev–Trinajstić information content (AvgIpc) is 3.35. The Morgan fingerprint density at radius 1 is 1.14 bits per heavy atom. The van der Waals surface area contributed by atoms with E-state index < -0.39 is 0 Å². The molecule has 1 aliphatic heterocycles. The number of carbonyl (C=O) groups excluding carboxylic acids is 2. The smallest absolute Gasteiger partial charge is 0.322 e. The van der Waals surface area contributed by atoms with Crippen LogP contribution in [-0.2, 0) is 4.79 Å². The number of hydrogen-bond acceptors (Lipinski definition) is 6. The average molecular weight is 394 g/mol. The molecule has 142 valence electrons. The van der Waals surface area contributed by atoms with Crippen molar-refractivity contribution in [3.05, 3.63) is 66.1 Å². The number of nitrogens with zero attached hydrogens (tertiary/aromatic N) is 3. The molecule has 1 unspecified atom stereocenters. The van der Waals surface area contributed by atoms with Crippen LogP contribution in [-0.4, -0.2) is 34.8 Å². The maximum absolute atomic E-state index is 12.3. The molecule has 2 aromatic carbocycles. The molecule has 2 amide bonds. The van der Waals surface area contributed by atoms with Crippen LogP contribution in [0.15, 0.2) is 63.9 Å². The van der Waals surface area contributed by atoms with Gasteiger partial charge in [-0.05, 0) is 42.7 Å². The van der Waals surface area contributed by atoms with Crippen LogP contribution in [0.25, 0.3) is 0 Å². The zero-order valence-electron chi connectivity index (χ0n) is 15.2. The Morgan fingerprint density at radius 2 is 1.89 bits per heavy atom. The number of carbonyl (C=O) groups is 2. The van der Waals surface area contributed by atoms with Crippen molar-refractivity contribution in [3.8, 4) is 0 Å². The highest BCUT2D eigenvalue weighted by Crippen LogP contribution is 2.31. The maximum Gasteiger partial charge on any atom is 0.322 e. The summed E-state index contributed by atoms with van der Waals surface area (Å²) in [7, 11) is 0. The highest BCUT2D eigenvalue weighted by Gasteiger charge is 2.35. The van der Waals surface area contributed by atoms with Gasteiger partial charge in [0.05, 0.1) is 5.92 Å². The van der Waals surface area contributed by atoms with Crippen molar-refractivity contribution in [1.82, 2.24) is 10.2 Å². The highest BCUT2D eigenvalue weighted by molar-refractivity contribution is 7.98. The van der Waals surface area contributed by atoms with E-state index in [1.54, 1.807) is 28.8 Å². The van der Waals surface area contributed by atoms with Gasteiger partial charge in [0.2, 0.25) is 11.8 Å². The van der Waals surface area contributed by atoms with Gasteiger partial charge in [-0.1, -0.05) is 23.3 Å². The largest absolute Gasteiger partial charge is 0.407 e. The molecule has 0 radical (unpaired) electrons. The first-order valence-corrected chi connectivity index (χ1v) is 10.0. The normalized spacial score (nSPS) is 16.4.